The van der Waals surface area contributed by atoms with E-state index in [1.54, 1.807) is 0 Å². The van der Waals surface area contributed by atoms with Crippen LogP contribution in [0.15, 0.2) is 0 Å². The van der Waals surface area contributed by atoms with Crippen LogP contribution in [0.3, 0.4) is 0 Å². The third-order valence-electron chi connectivity index (χ3n) is 8.97. The van der Waals surface area contributed by atoms with E-state index in [1.807, 2.05) is 0 Å². The Balaban J connectivity index is 1.50. The maximum atomic E-state index is 13.1. The maximum Gasteiger partial charge on any atom is 0.309 e. The van der Waals surface area contributed by atoms with E-state index in [9.17, 15) is 4.79 Å². The summed E-state index contributed by atoms with van der Waals surface area (Å²) in [6.45, 7) is 8.41. The molecule has 4 unspecified atom stereocenters. The van der Waals surface area contributed by atoms with Gasteiger partial charge in [-0.1, -0.05) is 20.8 Å². The van der Waals surface area contributed by atoms with Gasteiger partial charge < -0.3 is 14.2 Å². The van der Waals surface area contributed by atoms with Crippen LogP contribution in [0, 0.1) is 34.5 Å². The lowest BCUT2D eigenvalue weighted by molar-refractivity contribution is -0.256. The first-order valence-corrected chi connectivity index (χ1v) is 10.4. The second-order valence-corrected chi connectivity index (χ2v) is 9.99. The predicted octanol–water partition coefficient (Wildman–Crippen LogP) is 3.92. The van der Waals surface area contributed by atoms with Gasteiger partial charge in [-0.25, -0.2) is 0 Å². The van der Waals surface area contributed by atoms with Crippen LogP contribution in [-0.4, -0.2) is 31.1 Å². The van der Waals surface area contributed by atoms with Crippen LogP contribution in [-0.2, 0) is 19.0 Å². The molecule has 5 rings (SSSR count). The van der Waals surface area contributed by atoms with Crippen LogP contribution in [0.1, 0.15) is 65.7 Å². The van der Waals surface area contributed by atoms with Crippen molar-refractivity contribution in [2.45, 2.75) is 77.6 Å². The molecule has 0 bridgehead atoms. The van der Waals surface area contributed by atoms with E-state index >= 15 is 0 Å². The molecule has 3 aliphatic carbocycles. The molecule has 2 aliphatic heterocycles. The van der Waals surface area contributed by atoms with E-state index in [2.05, 4.69) is 20.8 Å². The molecule has 2 heterocycles. The predicted molar refractivity (Wildman–Crippen MR) is 92.7 cm³/mol. The number of hydrogen-bond donors (Lipinski definition) is 0. The van der Waals surface area contributed by atoms with Crippen molar-refractivity contribution < 1.29 is 19.0 Å². The summed E-state index contributed by atoms with van der Waals surface area (Å²) < 4.78 is 18.4. The normalized spacial score (nSPS) is 53.9. The number of esters is 1. The molecular formula is C21H32O4. The SMILES string of the molecule is C[C@H]1CC[C@@]2(C)C(C1)OC(=O)C1C2CC[C@@]2(C)C1CCC21OCCO1. The number of carbonyl (C=O) groups is 1. The number of fused-ring (bicyclic) bond motifs is 6. The van der Waals surface area contributed by atoms with Crippen molar-refractivity contribution in [2.75, 3.05) is 13.2 Å². The summed E-state index contributed by atoms with van der Waals surface area (Å²) in [5, 5.41) is 0. The molecule has 5 fully saturated rings. The van der Waals surface area contributed by atoms with E-state index in [0.29, 0.717) is 31.0 Å². The Hall–Kier alpha value is -0.610. The van der Waals surface area contributed by atoms with Gasteiger partial charge in [0.1, 0.15) is 6.10 Å². The minimum Gasteiger partial charge on any atom is -0.462 e. The monoisotopic (exact) mass is 348 g/mol. The molecule has 1 spiro atoms. The van der Waals surface area contributed by atoms with Crippen molar-refractivity contribution in [2.24, 2.45) is 34.5 Å². The Labute approximate surface area is 151 Å². The lowest BCUT2D eigenvalue weighted by Gasteiger charge is -2.59. The molecular weight excluding hydrogens is 316 g/mol. The molecule has 0 amide bonds. The summed E-state index contributed by atoms with van der Waals surface area (Å²) in [7, 11) is 0. The fraction of sp³-hybridized carbons (Fsp3) is 0.952. The molecule has 140 valence electrons. The van der Waals surface area contributed by atoms with Crippen molar-refractivity contribution in [3.63, 3.8) is 0 Å². The van der Waals surface area contributed by atoms with Crippen LogP contribution < -0.4 is 0 Å². The third kappa shape index (κ3) is 1.99. The highest BCUT2D eigenvalue weighted by molar-refractivity contribution is 5.75. The van der Waals surface area contributed by atoms with Gasteiger partial charge in [-0.3, -0.25) is 4.79 Å². The largest absolute Gasteiger partial charge is 0.462 e. The van der Waals surface area contributed by atoms with Gasteiger partial charge in [0.25, 0.3) is 0 Å². The van der Waals surface area contributed by atoms with Crippen molar-refractivity contribution in [3.05, 3.63) is 0 Å². The first-order valence-electron chi connectivity index (χ1n) is 10.4. The zero-order valence-electron chi connectivity index (χ0n) is 15.9. The van der Waals surface area contributed by atoms with Gasteiger partial charge in [0, 0.05) is 17.3 Å². The first kappa shape index (κ1) is 16.6. The van der Waals surface area contributed by atoms with Gasteiger partial charge in [-0.15, -0.1) is 0 Å². The van der Waals surface area contributed by atoms with Gasteiger partial charge in [-0.05, 0) is 56.3 Å². The summed E-state index contributed by atoms with van der Waals surface area (Å²) in [6, 6.07) is 0. The Morgan fingerprint density at radius 3 is 2.44 bits per heavy atom. The smallest absolute Gasteiger partial charge is 0.309 e. The molecule has 5 aliphatic rings. The molecule has 4 nitrogen and oxygen atoms in total. The zero-order valence-corrected chi connectivity index (χ0v) is 15.9. The molecule has 3 saturated carbocycles. The molecule has 0 N–H and O–H groups in total. The summed E-state index contributed by atoms with van der Waals surface area (Å²) in [6.07, 6.45) is 7.84. The van der Waals surface area contributed by atoms with Crippen LogP contribution >= 0.6 is 0 Å². The van der Waals surface area contributed by atoms with Crippen molar-refractivity contribution in [1.29, 1.82) is 0 Å². The van der Waals surface area contributed by atoms with Crippen molar-refractivity contribution in [3.8, 4) is 0 Å². The number of hydrogen-bond acceptors (Lipinski definition) is 4. The van der Waals surface area contributed by atoms with Crippen LogP contribution in [0.5, 0.6) is 0 Å². The minimum atomic E-state index is -0.443. The average Bonchev–Trinajstić information content (AvgIpc) is 3.17. The Kier molecular flexibility index (Phi) is 3.46. The second kappa shape index (κ2) is 5.22. The van der Waals surface area contributed by atoms with Crippen molar-refractivity contribution >= 4 is 5.97 Å². The highest BCUT2D eigenvalue weighted by Gasteiger charge is 2.69. The highest BCUT2D eigenvalue weighted by atomic mass is 16.7. The summed E-state index contributed by atoms with van der Waals surface area (Å²) in [5.41, 5.74) is 0.119. The van der Waals surface area contributed by atoms with Gasteiger partial charge >= 0.3 is 5.97 Å². The topological polar surface area (TPSA) is 44.8 Å². The third-order valence-corrected chi connectivity index (χ3v) is 8.97. The Bertz CT molecular complexity index is 582. The van der Waals surface area contributed by atoms with Crippen LogP contribution in [0.4, 0.5) is 0 Å². The standard InChI is InChI=1S/C21H32O4/c1-13-4-7-19(2)14-5-8-20(3)15(6-9-21(20)23-10-11-24-21)17(14)18(22)25-16(19)12-13/h13-17H,4-12H2,1-3H3/t13-,14?,15?,16?,17?,19+,20-/m0/s1. The molecule has 0 aromatic rings. The molecule has 7 atom stereocenters. The van der Waals surface area contributed by atoms with Gasteiger partial charge in [0.2, 0.25) is 0 Å². The van der Waals surface area contributed by atoms with E-state index in [4.69, 9.17) is 14.2 Å². The van der Waals surface area contributed by atoms with Gasteiger partial charge in [0.05, 0.1) is 19.1 Å². The molecule has 2 saturated heterocycles. The molecule has 0 aromatic heterocycles. The number of carbonyl (C=O) groups excluding carboxylic acids is 1. The van der Waals surface area contributed by atoms with E-state index in [1.165, 1.54) is 12.8 Å². The maximum absolute atomic E-state index is 13.1. The fourth-order valence-electron chi connectivity index (χ4n) is 7.39. The van der Waals surface area contributed by atoms with E-state index < -0.39 is 5.79 Å². The van der Waals surface area contributed by atoms with Gasteiger partial charge in [-0.2, -0.15) is 0 Å². The van der Waals surface area contributed by atoms with Gasteiger partial charge in [0.15, 0.2) is 5.79 Å². The molecule has 25 heavy (non-hydrogen) atoms. The molecule has 0 aromatic carbocycles. The van der Waals surface area contributed by atoms with E-state index in [-0.39, 0.29) is 28.8 Å². The van der Waals surface area contributed by atoms with E-state index in [0.717, 1.165) is 32.1 Å². The summed E-state index contributed by atoms with van der Waals surface area (Å²) >= 11 is 0. The number of rotatable bonds is 0. The van der Waals surface area contributed by atoms with Crippen LogP contribution in [0.25, 0.3) is 0 Å². The Morgan fingerprint density at radius 2 is 1.68 bits per heavy atom. The van der Waals surface area contributed by atoms with Crippen LogP contribution in [0.2, 0.25) is 0 Å². The second-order valence-electron chi connectivity index (χ2n) is 9.99. The summed E-state index contributed by atoms with van der Waals surface area (Å²) in [5.74, 6) is 1.16. The Morgan fingerprint density at radius 1 is 0.960 bits per heavy atom. The quantitative estimate of drug-likeness (QED) is 0.622. The average molecular weight is 348 g/mol. The zero-order chi connectivity index (χ0) is 17.4. The van der Waals surface area contributed by atoms with Crippen molar-refractivity contribution in [1.82, 2.24) is 0 Å². The lowest BCUT2D eigenvalue weighted by Crippen LogP contribution is -2.61. The minimum absolute atomic E-state index is 0.0422. The highest BCUT2D eigenvalue weighted by Crippen LogP contribution is 2.67. The lowest BCUT2D eigenvalue weighted by atomic mass is 9.49. The molecule has 0 radical (unpaired) electrons. The fourth-order valence-corrected chi connectivity index (χ4v) is 7.39. The molecule has 4 heteroatoms. The summed E-state index contributed by atoms with van der Waals surface area (Å²) in [4.78, 5) is 13.1. The number of ether oxygens (including phenoxy) is 3. The first-order chi connectivity index (χ1) is 11.9.